The van der Waals surface area contributed by atoms with Crippen molar-refractivity contribution in [1.29, 1.82) is 0 Å². The second-order valence-corrected chi connectivity index (χ2v) is 12.2. The predicted octanol–water partition coefficient (Wildman–Crippen LogP) is 1.71. The lowest BCUT2D eigenvalue weighted by Crippen LogP contribution is -2.37. The van der Waals surface area contributed by atoms with Gasteiger partial charge >= 0.3 is 0 Å². The second-order valence-electron chi connectivity index (χ2n) is 10.5. The summed E-state index contributed by atoms with van der Waals surface area (Å²) in [7, 11) is -0.663. The first-order valence-corrected chi connectivity index (χ1v) is 14.1. The summed E-state index contributed by atoms with van der Waals surface area (Å²) in [5.74, 6) is 0.140. The summed E-state index contributed by atoms with van der Waals surface area (Å²) in [6.07, 6.45) is 6.25. The van der Waals surface area contributed by atoms with E-state index in [0.29, 0.717) is 37.0 Å². The molecule has 0 unspecified atom stereocenters. The van der Waals surface area contributed by atoms with Crippen LogP contribution in [0.5, 0.6) is 0 Å². The third-order valence-electron chi connectivity index (χ3n) is 7.43. The number of piperidine rings is 1. The molecule has 13 heteroatoms. The van der Waals surface area contributed by atoms with Crippen LogP contribution in [0.25, 0.3) is 10.9 Å². The summed E-state index contributed by atoms with van der Waals surface area (Å²) in [6, 6.07) is 3.06. The van der Waals surface area contributed by atoms with Crippen LogP contribution in [0.2, 0.25) is 0 Å². The Labute approximate surface area is 221 Å². The number of carbonyl (C=O) groups excluding carboxylic acids is 1. The van der Waals surface area contributed by atoms with E-state index in [2.05, 4.69) is 15.3 Å². The second kappa shape index (κ2) is 9.79. The zero-order valence-corrected chi connectivity index (χ0v) is 22.8. The van der Waals surface area contributed by atoms with Crippen LogP contribution in [0.15, 0.2) is 34.2 Å². The molecule has 2 aliphatic rings. The number of hydrogen-bond acceptors (Lipinski definition) is 8. The van der Waals surface area contributed by atoms with E-state index in [1.807, 2.05) is 6.92 Å². The van der Waals surface area contributed by atoms with Gasteiger partial charge in [0.05, 0.1) is 35.6 Å². The van der Waals surface area contributed by atoms with Crippen LogP contribution in [-0.4, -0.2) is 64.3 Å². The van der Waals surface area contributed by atoms with E-state index in [9.17, 15) is 18.0 Å². The number of carbonyl (C=O) groups is 1. The highest BCUT2D eigenvalue weighted by Crippen LogP contribution is 2.38. The van der Waals surface area contributed by atoms with Crippen molar-refractivity contribution in [3.05, 3.63) is 46.0 Å². The number of rotatable bonds is 8. The van der Waals surface area contributed by atoms with Gasteiger partial charge in [-0.05, 0) is 56.2 Å². The van der Waals surface area contributed by atoms with Gasteiger partial charge in [-0.2, -0.15) is 5.10 Å². The van der Waals surface area contributed by atoms with Crippen LogP contribution in [0.4, 0.5) is 5.95 Å². The number of benzene rings is 1. The fraction of sp³-hybridized carbons (Fsp3) is 0.520. The van der Waals surface area contributed by atoms with Gasteiger partial charge in [0, 0.05) is 44.4 Å². The minimum atomic E-state index is -3.88. The van der Waals surface area contributed by atoms with Crippen molar-refractivity contribution in [3.63, 3.8) is 0 Å². The molecule has 0 atom stereocenters. The quantitative estimate of drug-likeness (QED) is 0.409. The highest BCUT2D eigenvalue weighted by atomic mass is 32.2. The Morgan fingerprint density at radius 3 is 2.53 bits per heavy atom. The summed E-state index contributed by atoms with van der Waals surface area (Å²) >= 11 is 0. The van der Waals surface area contributed by atoms with E-state index < -0.39 is 21.1 Å². The van der Waals surface area contributed by atoms with Gasteiger partial charge in [0.15, 0.2) is 0 Å². The van der Waals surface area contributed by atoms with E-state index in [4.69, 9.17) is 9.82 Å². The number of aryl methyl sites for hydroxylation is 1. The zero-order chi connectivity index (χ0) is 27.2. The average Bonchev–Trinajstić information content (AvgIpc) is 3.44. The van der Waals surface area contributed by atoms with Crippen LogP contribution in [-0.2, 0) is 33.2 Å². The van der Waals surface area contributed by atoms with Gasteiger partial charge in [-0.25, -0.2) is 23.6 Å². The molecule has 204 valence electrons. The summed E-state index contributed by atoms with van der Waals surface area (Å²) < 4.78 is 32.7. The standard InChI is InChI=1S/C25H33N7O5S/c1-16(33)31-9-5-18(6-10-31)20-11-19(38(35,36)29-25(2)7-8-25)12-21-22(20)27-24(28-37-4)32(23(21)34)15-17-13-26-30(3)14-17/h11-14,18,29H,5-10,15H2,1-4H3,(H,27,28). The van der Waals surface area contributed by atoms with Gasteiger partial charge in [0.1, 0.15) is 0 Å². The number of aromatic nitrogens is 4. The summed E-state index contributed by atoms with van der Waals surface area (Å²) in [6.45, 7) is 4.68. The minimum absolute atomic E-state index is 0.00880. The molecule has 5 rings (SSSR count). The van der Waals surface area contributed by atoms with Crippen molar-refractivity contribution in [2.24, 2.45) is 7.05 Å². The molecule has 2 aromatic heterocycles. The molecule has 2 N–H and O–H groups in total. The average molecular weight is 544 g/mol. The summed E-state index contributed by atoms with van der Waals surface area (Å²) in [5.41, 5.74) is 3.73. The fourth-order valence-corrected chi connectivity index (χ4v) is 6.55. The summed E-state index contributed by atoms with van der Waals surface area (Å²) in [5, 5.41) is 4.39. The van der Waals surface area contributed by atoms with Crippen LogP contribution < -0.4 is 15.8 Å². The smallest absolute Gasteiger partial charge is 0.263 e. The molecule has 1 aromatic carbocycles. The molecule has 2 fully saturated rings. The van der Waals surface area contributed by atoms with Crippen LogP contribution >= 0.6 is 0 Å². The molecule has 12 nitrogen and oxygen atoms in total. The normalized spacial score (nSPS) is 17.6. The number of nitrogens with zero attached hydrogens (tertiary/aromatic N) is 5. The predicted molar refractivity (Wildman–Crippen MR) is 141 cm³/mol. The molecular formula is C25H33N7O5S. The Bertz CT molecular complexity index is 1550. The molecule has 0 spiro atoms. The number of hydrogen-bond donors (Lipinski definition) is 2. The van der Waals surface area contributed by atoms with Crippen LogP contribution in [0.1, 0.15) is 56.6 Å². The van der Waals surface area contributed by atoms with E-state index >= 15 is 0 Å². The highest BCUT2D eigenvalue weighted by Gasteiger charge is 2.41. The fourth-order valence-electron chi connectivity index (χ4n) is 5.02. The Morgan fingerprint density at radius 2 is 1.95 bits per heavy atom. The first kappa shape index (κ1) is 26.3. The first-order chi connectivity index (χ1) is 18.0. The lowest BCUT2D eigenvalue weighted by atomic mass is 9.88. The molecule has 1 saturated carbocycles. The van der Waals surface area contributed by atoms with Gasteiger partial charge in [-0.1, -0.05) is 0 Å². The maximum absolute atomic E-state index is 13.9. The highest BCUT2D eigenvalue weighted by molar-refractivity contribution is 7.89. The van der Waals surface area contributed by atoms with E-state index in [0.717, 1.165) is 18.4 Å². The molecule has 0 bridgehead atoms. The molecule has 0 radical (unpaired) electrons. The number of fused-ring (bicyclic) bond motifs is 1. The van der Waals surface area contributed by atoms with Crippen molar-refractivity contribution < 1.29 is 18.0 Å². The minimum Gasteiger partial charge on any atom is -0.343 e. The van der Waals surface area contributed by atoms with E-state index in [1.54, 1.807) is 42.0 Å². The molecule has 1 amide bonds. The van der Waals surface area contributed by atoms with Gasteiger partial charge in [0.2, 0.25) is 21.9 Å². The Hall–Kier alpha value is -3.29. The third kappa shape index (κ3) is 5.18. The van der Waals surface area contributed by atoms with Crippen molar-refractivity contribution in [1.82, 2.24) is 29.0 Å². The lowest BCUT2D eigenvalue weighted by molar-refractivity contribution is -0.129. The lowest BCUT2D eigenvalue weighted by Gasteiger charge is -2.32. The van der Waals surface area contributed by atoms with Crippen LogP contribution in [0, 0.1) is 0 Å². The Balaban J connectivity index is 1.68. The van der Waals surface area contributed by atoms with Gasteiger partial charge in [-0.3, -0.25) is 23.7 Å². The van der Waals surface area contributed by atoms with Gasteiger partial charge < -0.3 is 4.90 Å². The monoisotopic (exact) mass is 543 g/mol. The number of anilines is 1. The molecule has 38 heavy (non-hydrogen) atoms. The van der Waals surface area contributed by atoms with Crippen molar-refractivity contribution in [2.45, 2.75) is 62.4 Å². The van der Waals surface area contributed by atoms with Gasteiger partial charge in [0.25, 0.3) is 5.56 Å². The molecule has 1 aliphatic carbocycles. The van der Waals surface area contributed by atoms with Crippen LogP contribution in [0.3, 0.4) is 0 Å². The van der Waals surface area contributed by atoms with Crippen molar-refractivity contribution in [2.75, 3.05) is 25.7 Å². The summed E-state index contributed by atoms with van der Waals surface area (Å²) in [4.78, 5) is 37.5. The maximum atomic E-state index is 13.9. The topological polar surface area (TPSA) is 140 Å². The number of likely N-dealkylation sites (tertiary alicyclic amines) is 1. The molecule has 3 aromatic rings. The number of amides is 1. The van der Waals surface area contributed by atoms with E-state index in [1.165, 1.54) is 17.7 Å². The SMILES string of the molecule is CONc1nc2c(C3CCN(C(C)=O)CC3)cc(S(=O)(=O)NC3(C)CC3)cc2c(=O)n1Cc1cnn(C)c1. The first-order valence-electron chi connectivity index (χ1n) is 12.6. The molecular weight excluding hydrogens is 510 g/mol. The van der Waals surface area contributed by atoms with E-state index in [-0.39, 0.29) is 34.6 Å². The van der Waals surface area contributed by atoms with Gasteiger partial charge in [-0.15, -0.1) is 0 Å². The molecule has 1 aliphatic heterocycles. The number of nitrogens with one attached hydrogen (secondary N) is 2. The maximum Gasteiger partial charge on any atom is 0.263 e. The Morgan fingerprint density at radius 1 is 1.24 bits per heavy atom. The Kier molecular flexibility index (Phi) is 6.78. The largest absolute Gasteiger partial charge is 0.343 e. The zero-order valence-electron chi connectivity index (χ0n) is 22.0. The van der Waals surface area contributed by atoms with Crippen molar-refractivity contribution in [3.8, 4) is 0 Å². The molecule has 3 heterocycles. The number of sulfonamides is 1. The third-order valence-corrected chi connectivity index (χ3v) is 9.04. The van der Waals surface area contributed by atoms with Crippen molar-refractivity contribution >= 4 is 32.8 Å². The molecule has 1 saturated heterocycles.